The lowest BCUT2D eigenvalue weighted by molar-refractivity contribution is -0.118. The smallest absolute Gasteiger partial charge is 0.262 e. The van der Waals surface area contributed by atoms with Crippen LogP contribution in [-0.4, -0.2) is 12.5 Å². The summed E-state index contributed by atoms with van der Waals surface area (Å²) in [6, 6.07) is 13.5. The Morgan fingerprint density at radius 1 is 1.19 bits per heavy atom. The van der Waals surface area contributed by atoms with Crippen LogP contribution in [0.15, 0.2) is 42.5 Å². The third-order valence-corrected chi connectivity index (χ3v) is 3.19. The average Bonchev–Trinajstić information content (AvgIpc) is 2.49. The highest BCUT2D eigenvalue weighted by Gasteiger charge is 2.10. The molecular formula is C15H10Cl2N2O2. The van der Waals surface area contributed by atoms with Gasteiger partial charge in [0.1, 0.15) is 5.75 Å². The summed E-state index contributed by atoms with van der Waals surface area (Å²) in [4.78, 5) is 11.8. The topological polar surface area (TPSA) is 62.1 Å². The van der Waals surface area contributed by atoms with E-state index in [4.69, 9.17) is 33.2 Å². The maximum Gasteiger partial charge on any atom is 0.262 e. The molecule has 1 amide bonds. The Bertz CT molecular complexity index is 691. The highest BCUT2D eigenvalue weighted by molar-refractivity contribution is 6.39. The molecule has 6 heteroatoms. The van der Waals surface area contributed by atoms with Crippen LogP contribution in [0.3, 0.4) is 0 Å². The molecule has 4 nitrogen and oxygen atoms in total. The van der Waals surface area contributed by atoms with Crippen molar-refractivity contribution in [1.29, 1.82) is 5.26 Å². The van der Waals surface area contributed by atoms with Crippen LogP contribution in [0.25, 0.3) is 0 Å². The van der Waals surface area contributed by atoms with E-state index in [1.165, 1.54) is 0 Å². The number of amides is 1. The second-order valence-corrected chi connectivity index (χ2v) is 4.89. The van der Waals surface area contributed by atoms with Crippen LogP contribution in [-0.2, 0) is 4.79 Å². The van der Waals surface area contributed by atoms with E-state index in [0.29, 0.717) is 27.0 Å². The normalized spacial score (nSPS) is 9.76. The highest BCUT2D eigenvalue weighted by atomic mass is 35.5. The van der Waals surface area contributed by atoms with Crippen LogP contribution in [0.5, 0.6) is 5.75 Å². The van der Waals surface area contributed by atoms with Crippen molar-refractivity contribution in [2.45, 2.75) is 0 Å². The number of nitriles is 1. The number of para-hydroxylation sites is 1. The predicted molar refractivity (Wildman–Crippen MR) is 81.7 cm³/mol. The molecule has 0 heterocycles. The van der Waals surface area contributed by atoms with Gasteiger partial charge in [-0.2, -0.15) is 5.26 Å². The van der Waals surface area contributed by atoms with Crippen molar-refractivity contribution in [2.24, 2.45) is 0 Å². The molecule has 0 aliphatic carbocycles. The number of rotatable bonds is 4. The summed E-state index contributed by atoms with van der Waals surface area (Å²) >= 11 is 11.9. The first-order valence-corrected chi connectivity index (χ1v) is 6.72. The van der Waals surface area contributed by atoms with E-state index in [1.54, 1.807) is 42.5 Å². The monoisotopic (exact) mass is 320 g/mol. The number of ether oxygens (including phenoxy) is 1. The Balaban J connectivity index is 1.98. The summed E-state index contributed by atoms with van der Waals surface area (Å²) in [5.74, 6) is 0.0433. The van der Waals surface area contributed by atoms with Crippen molar-refractivity contribution in [3.63, 3.8) is 0 Å². The minimum atomic E-state index is -0.396. The Morgan fingerprint density at radius 2 is 1.86 bits per heavy atom. The Labute approximate surface area is 131 Å². The van der Waals surface area contributed by atoms with Crippen LogP contribution in [0.2, 0.25) is 10.0 Å². The van der Waals surface area contributed by atoms with E-state index >= 15 is 0 Å². The maximum atomic E-state index is 11.8. The van der Waals surface area contributed by atoms with Gasteiger partial charge in [0, 0.05) is 0 Å². The molecule has 0 bridgehead atoms. The lowest BCUT2D eigenvalue weighted by Crippen LogP contribution is -2.20. The summed E-state index contributed by atoms with van der Waals surface area (Å²) in [5, 5.41) is 12.1. The molecule has 0 fully saturated rings. The van der Waals surface area contributed by atoms with Gasteiger partial charge in [0.25, 0.3) is 5.91 Å². The summed E-state index contributed by atoms with van der Waals surface area (Å²) in [6.45, 7) is -0.212. The molecule has 0 aliphatic heterocycles. The second-order valence-electron chi connectivity index (χ2n) is 4.07. The fourth-order valence-electron chi connectivity index (χ4n) is 1.60. The molecule has 2 aromatic rings. The Kier molecular flexibility index (Phi) is 5.04. The minimum Gasteiger partial charge on any atom is -0.484 e. The Morgan fingerprint density at radius 3 is 2.52 bits per heavy atom. The first-order chi connectivity index (χ1) is 10.1. The molecule has 0 radical (unpaired) electrons. The number of hydrogen-bond acceptors (Lipinski definition) is 3. The third kappa shape index (κ3) is 4.12. The van der Waals surface area contributed by atoms with Crippen LogP contribution < -0.4 is 10.1 Å². The number of benzene rings is 2. The molecule has 0 spiro atoms. The van der Waals surface area contributed by atoms with Crippen molar-refractivity contribution in [3.8, 4) is 11.8 Å². The zero-order valence-corrected chi connectivity index (χ0v) is 12.3. The van der Waals surface area contributed by atoms with Gasteiger partial charge in [-0.05, 0) is 30.3 Å². The van der Waals surface area contributed by atoms with Gasteiger partial charge in [-0.15, -0.1) is 0 Å². The minimum absolute atomic E-state index is 0.212. The van der Waals surface area contributed by atoms with Crippen molar-refractivity contribution in [2.75, 3.05) is 11.9 Å². The van der Waals surface area contributed by atoms with Gasteiger partial charge in [-0.3, -0.25) is 4.79 Å². The zero-order valence-electron chi connectivity index (χ0n) is 10.8. The zero-order chi connectivity index (χ0) is 15.2. The fourth-order valence-corrected chi connectivity index (χ4v) is 2.09. The van der Waals surface area contributed by atoms with Crippen molar-refractivity contribution >= 4 is 34.8 Å². The van der Waals surface area contributed by atoms with Gasteiger partial charge in [0.15, 0.2) is 6.61 Å². The molecule has 1 N–H and O–H groups in total. The van der Waals surface area contributed by atoms with E-state index in [2.05, 4.69) is 5.32 Å². The van der Waals surface area contributed by atoms with Crippen LogP contribution >= 0.6 is 23.2 Å². The molecule has 2 aromatic carbocycles. The van der Waals surface area contributed by atoms with Gasteiger partial charge in [0.05, 0.1) is 27.4 Å². The maximum absolute atomic E-state index is 11.8. The van der Waals surface area contributed by atoms with Crippen molar-refractivity contribution in [3.05, 3.63) is 58.1 Å². The standard InChI is InChI=1S/C15H10Cl2N2O2/c16-12-5-2-6-13(17)15(12)19-14(20)9-21-11-4-1-3-10(7-11)8-18/h1-7H,9H2,(H,19,20). The second kappa shape index (κ2) is 6.98. The fraction of sp³-hybridized carbons (Fsp3) is 0.0667. The van der Waals surface area contributed by atoms with Gasteiger partial charge < -0.3 is 10.1 Å². The molecule has 0 unspecified atom stereocenters. The summed E-state index contributed by atoms with van der Waals surface area (Å²) < 4.78 is 5.31. The van der Waals surface area contributed by atoms with Crippen molar-refractivity contribution < 1.29 is 9.53 Å². The lowest BCUT2D eigenvalue weighted by atomic mass is 10.2. The molecule has 0 saturated heterocycles. The highest BCUT2D eigenvalue weighted by Crippen LogP contribution is 2.29. The average molecular weight is 321 g/mol. The quantitative estimate of drug-likeness (QED) is 0.929. The van der Waals surface area contributed by atoms with Crippen LogP contribution in [0.1, 0.15) is 5.56 Å². The number of carbonyl (C=O) groups excluding carboxylic acids is 1. The number of hydrogen-bond donors (Lipinski definition) is 1. The lowest BCUT2D eigenvalue weighted by Gasteiger charge is -2.10. The first kappa shape index (κ1) is 15.2. The number of halogens is 2. The van der Waals surface area contributed by atoms with E-state index in [-0.39, 0.29) is 6.61 Å². The first-order valence-electron chi connectivity index (χ1n) is 5.97. The molecule has 0 aliphatic rings. The van der Waals surface area contributed by atoms with Gasteiger partial charge in [-0.1, -0.05) is 35.3 Å². The molecule has 21 heavy (non-hydrogen) atoms. The number of nitrogens with zero attached hydrogens (tertiary/aromatic N) is 1. The van der Waals surface area contributed by atoms with Gasteiger partial charge >= 0.3 is 0 Å². The van der Waals surface area contributed by atoms with E-state index in [1.807, 2.05) is 6.07 Å². The molecule has 2 rings (SSSR count). The Hall–Kier alpha value is -2.22. The number of anilines is 1. The van der Waals surface area contributed by atoms with Crippen LogP contribution in [0.4, 0.5) is 5.69 Å². The van der Waals surface area contributed by atoms with E-state index in [9.17, 15) is 4.79 Å². The molecule has 0 atom stereocenters. The van der Waals surface area contributed by atoms with Gasteiger partial charge in [0.2, 0.25) is 0 Å². The molecule has 0 saturated carbocycles. The van der Waals surface area contributed by atoms with Crippen LogP contribution in [0, 0.1) is 11.3 Å². The van der Waals surface area contributed by atoms with E-state index in [0.717, 1.165) is 0 Å². The number of carbonyl (C=O) groups is 1. The number of nitrogens with one attached hydrogen (secondary N) is 1. The third-order valence-electron chi connectivity index (χ3n) is 2.56. The SMILES string of the molecule is N#Cc1cccc(OCC(=O)Nc2c(Cl)cccc2Cl)c1. The summed E-state index contributed by atoms with van der Waals surface area (Å²) in [7, 11) is 0. The summed E-state index contributed by atoms with van der Waals surface area (Å²) in [6.07, 6.45) is 0. The van der Waals surface area contributed by atoms with Gasteiger partial charge in [-0.25, -0.2) is 0 Å². The largest absolute Gasteiger partial charge is 0.484 e. The van der Waals surface area contributed by atoms with Crippen molar-refractivity contribution in [1.82, 2.24) is 0 Å². The van der Waals surface area contributed by atoms with E-state index < -0.39 is 5.91 Å². The summed E-state index contributed by atoms with van der Waals surface area (Å²) in [5.41, 5.74) is 0.808. The molecule has 0 aromatic heterocycles. The molecular weight excluding hydrogens is 311 g/mol. The predicted octanol–water partition coefficient (Wildman–Crippen LogP) is 3.88. The molecule has 106 valence electrons.